The van der Waals surface area contributed by atoms with Gasteiger partial charge in [-0.1, -0.05) is 48.5 Å². The standard InChI is InChI=1S/C30H28F3NO6/c1-29(2,3)40-27(37)19-13-12-18(30(31,32)33)14-17(19)15-25(26(35)36)34-28(38)39-16-24-22-10-6-4-8-20(22)21-9-5-7-11-23(21)24/h4-14,24-25H,15-16H2,1-3H3,(H,34,38)(H,35,36)/t25-/m0/s1. The van der Waals surface area contributed by atoms with Crippen LogP contribution in [0.1, 0.15) is 59.3 Å². The van der Waals surface area contributed by atoms with Crippen LogP contribution in [0.3, 0.4) is 0 Å². The lowest BCUT2D eigenvalue weighted by molar-refractivity contribution is -0.139. The average molecular weight is 556 g/mol. The van der Waals surface area contributed by atoms with Crippen molar-refractivity contribution in [3.63, 3.8) is 0 Å². The fraction of sp³-hybridized carbons (Fsp3) is 0.300. The van der Waals surface area contributed by atoms with Crippen LogP contribution in [0, 0.1) is 0 Å². The molecule has 210 valence electrons. The number of carboxylic acid groups (broad SMARTS) is 1. The van der Waals surface area contributed by atoms with Gasteiger partial charge in [-0.15, -0.1) is 0 Å². The van der Waals surface area contributed by atoms with Gasteiger partial charge in [-0.3, -0.25) is 0 Å². The van der Waals surface area contributed by atoms with Crippen LogP contribution in [0.15, 0.2) is 66.7 Å². The van der Waals surface area contributed by atoms with Crippen molar-refractivity contribution in [2.75, 3.05) is 6.61 Å². The molecular weight excluding hydrogens is 527 g/mol. The number of halogens is 3. The second-order valence-electron chi connectivity index (χ2n) is 10.4. The normalized spacial score (nSPS) is 13.7. The summed E-state index contributed by atoms with van der Waals surface area (Å²) < 4.78 is 50.9. The number of carboxylic acids is 1. The lowest BCUT2D eigenvalue weighted by Gasteiger charge is -2.22. The van der Waals surface area contributed by atoms with Crippen LogP contribution in [0.25, 0.3) is 11.1 Å². The number of fused-ring (bicyclic) bond motifs is 3. The van der Waals surface area contributed by atoms with Gasteiger partial charge in [-0.05, 0) is 66.8 Å². The van der Waals surface area contributed by atoms with Gasteiger partial charge in [0.15, 0.2) is 0 Å². The van der Waals surface area contributed by atoms with Gasteiger partial charge in [0.25, 0.3) is 0 Å². The molecule has 0 radical (unpaired) electrons. The SMILES string of the molecule is CC(C)(C)OC(=O)c1ccc(C(F)(F)F)cc1C[C@H](NC(=O)OCC1c2ccccc2-c2ccccc21)C(=O)O. The third-order valence-corrected chi connectivity index (χ3v) is 6.41. The molecule has 1 atom stereocenters. The fourth-order valence-electron chi connectivity index (χ4n) is 4.67. The van der Waals surface area contributed by atoms with E-state index in [1.807, 2.05) is 48.5 Å². The predicted octanol–water partition coefficient (Wildman–Crippen LogP) is 6.20. The van der Waals surface area contributed by atoms with Gasteiger partial charge in [-0.2, -0.15) is 13.2 Å². The van der Waals surface area contributed by atoms with E-state index in [1.165, 1.54) is 0 Å². The maximum absolute atomic E-state index is 13.4. The van der Waals surface area contributed by atoms with Crippen LogP contribution >= 0.6 is 0 Å². The van der Waals surface area contributed by atoms with Gasteiger partial charge in [-0.25, -0.2) is 14.4 Å². The summed E-state index contributed by atoms with van der Waals surface area (Å²) in [5, 5.41) is 12.0. The number of amides is 1. The van der Waals surface area contributed by atoms with Crippen molar-refractivity contribution in [1.29, 1.82) is 0 Å². The van der Waals surface area contributed by atoms with E-state index in [0.29, 0.717) is 6.07 Å². The number of esters is 1. The number of alkyl halides is 3. The Kier molecular flexibility index (Phi) is 7.91. The van der Waals surface area contributed by atoms with E-state index >= 15 is 0 Å². The van der Waals surface area contributed by atoms with Crippen LogP contribution in [-0.4, -0.2) is 41.4 Å². The van der Waals surface area contributed by atoms with Gasteiger partial charge < -0.3 is 19.9 Å². The highest BCUT2D eigenvalue weighted by Crippen LogP contribution is 2.44. The molecule has 3 aromatic carbocycles. The maximum atomic E-state index is 13.4. The lowest BCUT2D eigenvalue weighted by atomic mass is 9.97. The summed E-state index contributed by atoms with van der Waals surface area (Å²) in [6.07, 6.45) is -6.40. The number of nitrogens with one attached hydrogen (secondary N) is 1. The van der Waals surface area contributed by atoms with Crippen LogP contribution < -0.4 is 5.32 Å². The molecule has 0 aromatic heterocycles. The second-order valence-corrected chi connectivity index (χ2v) is 10.4. The van der Waals surface area contributed by atoms with Crippen molar-refractivity contribution in [3.05, 3.63) is 94.5 Å². The minimum atomic E-state index is -4.74. The smallest absolute Gasteiger partial charge is 0.416 e. The molecule has 1 aliphatic rings. The average Bonchev–Trinajstić information content (AvgIpc) is 3.19. The molecule has 0 bridgehead atoms. The largest absolute Gasteiger partial charge is 0.480 e. The summed E-state index contributed by atoms with van der Waals surface area (Å²) in [7, 11) is 0. The van der Waals surface area contributed by atoms with Crippen molar-refractivity contribution < 1.29 is 42.1 Å². The Morgan fingerprint density at radius 3 is 2.02 bits per heavy atom. The molecule has 7 nitrogen and oxygen atoms in total. The Bertz CT molecular complexity index is 1400. The number of benzene rings is 3. The van der Waals surface area contributed by atoms with E-state index in [4.69, 9.17) is 9.47 Å². The van der Waals surface area contributed by atoms with E-state index in [2.05, 4.69) is 5.32 Å². The van der Waals surface area contributed by atoms with E-state index < -0.39 is 47.8 Å². The van der Waals surface area contributed by atoms with Crippen molar-refractivity contribution in [3.8, 4) is 11.1 Å². The zero-order valence-electron chi connectivity index (χ0n) is 22.0. The van der Waals surface area contributed by atoms with Crippen molar-refractivity contribution in [2.45, 2.75) is 50.9 Å². The molecule has 0 heterocycles. The summed E-state index contributed by atoms with van der Waals surface area (Å²) in [6.45, 7) is 4.69. The molecule has 1 aliphatic carbocycles. The van der Waals surface area contributed by atoms with Crippen molar-refractivity contribution in [1.82, 2.24) is 5.32 Å². The first-order valence-corrected chi connectivity index (χ1v) is 12.5. The molecule has 0 spiro atoms. The van der Waals surface area contributed by atoms with Crippen molar-refractivity contribution in [2.24, 2.45) is 0 Å². The molecule has 10 heteroatoms. The minimum absolute atomic E-state index is 0.0844. The Morgan fingerprint density at radius 1 is 0.925 bits per heavy atom. The summed E-state index contributed by atoms with van der Waals surface area (Å²) >= 11 is 0. The van der Waals surface area contributed by atoms with E-state index in [-0.39, 0.29) is 23.7 Å². The predicted molar refractivity (Wildman–Crippen MR) is 140 cm³/mol. The first-order valence-electron chi connectivity index (χ1n) is 12.5. The molecule has 0 fully saturated rings. The summed E-state index contributed by atoms with van der Waals surface area (Å²) in [5.74, 6) is -2.70. The number of hydrogen-bond acceptors (Lipinski definition) is 5. The Morgan fingerprint density at radius 2 is 1.50 bits per heavy atom. The first-order chi connectivity index (χ1) is 18.7. The quantitative estimate of drug-likeness (QED) is 0.337. The molecule has 0 aliphatic heterocycles. The Balaban J connectivity index is 1.52. The molecule has 3 aromatic rings. The number of ether oxygens (including phenoxy) is 2. The van der Waals surface area contributed by atoms with Gasteiger partial charge in [0.2, 0.25) is 0 Å². The third-order valence-electron chi connectivity index (χ3n) is 6.41. The monoisotopic (exact) mass is 555 g/mol. The highest BCUT2D eigenvalue weighted by Gasteiger charge is 2.34. The topological polar surface area (TPSA) is 102 Å². The number of carbonyl (C=O) groups is 3. The number of carbonyl (C=O) groups excluding carboxylic acids is 2. The summed E-state index contributed by atoms with van der Waals surface area (Å²) in [5.41, 5.74) is 1.45. The summed E-state index contributed by atoms with van der Waals surface area (Å²) in [6, 6.07) is 16.0. The van der Waals surface area contributed by atoms with Crippen LogP contribution in [0.4, 0.5) is 18.0 Å². The van der Waals surface area contributed by atoms with Gasteiger partial charge in [0.05, 0.1) is 11.1 Å². The fourth-order valence-corrected chi connectivity index (χ4v) is 4.67. The van der Waals surface area contributed by atoms with Crippen molar-refractivity contribution >= 4 is 18.0 Å². The molecular formula is C30H28F3NO6. The van der Waals surface area contributed by atoms with E-state index in [0.717, 1.165) is 34.4 Å². The molecule has 4 rings (SSSR count). The molecule has 1 amide bonds. The molecule has 0 saturated carbocycles. The molecule has 0 saturated heterocycles. The van der Waals surface area contributed by atoms with Crippen LogP contribution in [-0.2, 0) is 26.9 Å². The molecule has 0 unspecified atom stereocenters. The van der Waals surface area contributed by atoms with Crippen LogP contribution in [0.2, 0.25) is 0 Å². The number of alkyl carbamates (subject to hydrolysis) is 1. The zero-order valence-corrected chi connectivity index (χ0v) is 22.0. The van der Waals surface area contributed by atoms with Crippen LogP contribution in [0.5, 0.6) is 0 Å². The second kappa shape index (κ2) is 11.0. The van der Waals surface area contributed by atoms with E-state index in [1.54, 1.807) is 20.8 Å². The number of rotatable bonds is 7. The lowest BCUT2D eigenvalue weighted by Crippen LogP contribution is -2.43. The van der Waals surface area contributed by atoms with E-state index in [9.17, 15) is 32.7 Å². The minimum Gasteiger partial charge on any atom is -0.480 e. The van der Waals surface area contributed by atoms with Gasteiger partial charge in [0, 0.05) is 12.3 Å². The number of aliphatic carboxylic acids is 1. The highest BCUT2D eigenvalue weighted by atomic mass is 19.4. The maximum Gasteiger partial charge on any atom is 0.416 e. The zero-order chi connectivity index (χ0) is 29.2. The molecule has 40 heavy (non-hydrogen) atoms. The first kappa shape index (κ1) is 28.7. The Labute approximate surface area is 228 Å². The molecule has 2 N–H and O–H groups in total. The van der Waals surface area contributed by atoms with Gasteiger partial charge >= 0.3 is 24.2 Å². The summed E-state index contributed by atoms with van der Waals surface area (Å²) in [4.78, 5) is 37.4. The highest BCUT2D eigenvalue weighted by molar-refractivity contribution is 5.92. The third kappa shape index (κ3) is 6.44. The Hall–Kier alpha value is -4.34. The van der Waals surface area contributed by atoms with Gasteiger partial charge in [0.1, 0.15) is 18.2 Å². The number of hydrogen-bond donors (Lipinski definition) is 2.